The molecule has 2 heterocycles. The lowest BCUT2D eigenvalue weighted by Crippen LogP contribution is -2.15. The fourth-order valence-electron chi connectivity index (χ4n) is 2.40. The number of hydrogen-bond acceptors (Lipinski definition) is 6. The van der Waals surface area contributed by atoms with Crippen LogP contribution in [-0.4, -0.2) is 35.3 Å². The third-order valence-corrected chi connectivity index (χ3v) is 5.89. The maximum absolute atomic E-state index is 12.8. The third kappa shape index (κ3) is 3.17. The van der Waals surface area contributed by atoms with Gasteiger partial charge in [-0.3, -0.25) is 4.72 Å². The third-order valence-electron chi connectivity index (χ3n) is 3.58. The van der Waals surface area contributed by atoms with Crippen LogP contribution < -0.4 is 9.46 Å². The zero-order valence-electron chi connectivity index (χ0n) is 14.1. The smallest absolute Gasteiger partial charge is 0.264 e. The van der Waals surface area contributed by atoms with Gasteiger partial charge in [-0.2, -0.15) is 0 Å². The molecule has 0 bridgehead atoms. The zero-order valence-corrected chi connectivity index (χ0v) is 16.4. The molecule has 0 radical (unpaired) electrons. The lowest BCUT2D eigenvalue weighted by atomic mass is 10.3. The van der Waals surface area contributed by atoms with Crippen LogP contribution in [0.1, 0.15) is 19.9 Å². The van der Waals surface area contributed by atoms with Crippen molar-refractivity contribution in [1.82, 2.24) is 19.7 Å². The molecule has 1 aromatic carbocycles. The summed E-state index contributed by atoms with van der Waals surface area (Å²) in [7, 11) is -2.61. The summed E-state index contributed by atoms with van der Waals surface area (Å²) in [5.74, 6) is 0.249. The molecule has 3 rings (SSSR count). The number of fused-ring (bicyclic) bond motifs is 1. The minimum atomic E-state index is -4.04. The van der Waals surface area contributed by atoms with Gasteiger partial charge in [-0.1, -0.05) is 29.3 Å². The zero-order chi connectivity index (χ0) is 19.1. The number of rotatable bonds is 5. The van der Waals surface area contributed by atoms with Gasteiger partial charge in [0.1, 0.15) is 16.6 Å². The van der Waals surface area contributed by atoms with Crippen LogP contribution in [0.2, 0.25) is 10.0 Å². The Balaban J connectivity index is 2.16. The van der Waals surface area contributed by atoms with E-state index in [0.29, 0.717) is 11.0 Å². The molecule has 26 heavy (non-hydrogen) atoms. The summed E-state index contributed by atoms with van der Waals surface area (Å²) >= 11 is 12.0. The first-order valence-electron chi connectivity index (χ1n) is 7.50. The number of anilines is 1. The Labute approximate surface area is 160 Å². The van der Waals surface area contributed by atoms with Crippen LogP contribution in [0.5, 0.6) is 5.88 Å². The molecule has 0 aliphatic heterocycles. The van der Waals surface area contributed by atoms with E-state index >= 15 is 0 Å². The Hall–Kier alpha value is -2.10. The summed E-state index contributed by atoms with van der Waals surface area (Å²) in [6.07, 6.45) is 1.25. The standard InChI is InChI=1S/C15H15Cl2N5O3S/c1-8(2)22-14-11(15(20-22)25-3)13(18-7-19-14)21-26(23,24)10-6-4-5-9(16)12(10)17/h4-8H,1-3H3,(H,18,19,21). The number of benzene rings is 1. The second-order valence-corrected chi connectivity index (χ2v) is 8.06. The largest absolute Gasteiger partial charge is 0.479 e. The number of ether oxygens (including phenoxy) is 1. The molecule has 0 aliphatic rings. The van der Waals surface area contributed by atoms with Gasteiger partial charge in [-0.25, -0.2) is 23.1 Å². The van der Waals surface area contributed by atoms with Gasteiger partial charge in [0.05, 0.1) is 17.2 Å². The molecule has 0 aliphatic carbocycles. The molecule has 1 N–H and O–H groups in total. The molecule has 2 aromatic heterocycles. The van der Waals surface area contributed by atoms with Crippen LogP contribution in [0.3, 0.4) is 0 Å². The first-order chi connectivity index (χ1) is 12.3. The van der Waals surface area contributed by atoms with Gasteiger partial charge in [-0.05, 0) is 26.0 Å². The molecule has 0 atom stereocenters. The van der Waals surface area contributed by atoms with Crippen molar-refractivity contribution in [3.63, 3.8) is 0 Å². The molecule has 0 unspecified atom stereocenters. The van der Waals surface area contributed by atoms with E-state index in [1.807, 2.05) is 13.8 Å². The number of halogens is 2. The van der Waals surface area contributed by atoms with Crippen molar-refractivity contribution in [2.75, 3.05) is 11.8 Å². The van der Waals surface area contributed by atoms with Crippen LogP contribution in [0.15, 0.2) is 29.4 Å². The fourth-order valence-corrected chi connectivity index (χ4v) is 4.18. The van der Waals surface area contributed by atoms with Gasteiger partial charge in [0.2, 0.25) is 5.88 Å². The van der Waals surface area contributed by atoms with Crippen molar-refractivity contribution in [2.45, 2.75) is 24.8 Å². The van der Waals surface area contributed by atoms with Gasteiger partial charge >= 0.3 is 0 Å². The highest BCUT2D eigenvalue weighted by Crippen LogP contribution is 2.34. The minimum Gasteiger partial charge on any atom is -0.479 e. The molecule has 0 fully saturated rings. The number of hydrogen-bond donors (Lipinski definition) is 1. The molecule has 0 saturated heterocycles. The molecule has 0 saturated carbocycles. The topological polar surface area (TPSA) is 99.0 Å². The summed E-state index contributed by atoms with van der Waals surface area (Å²) in [6.45, 7) is 3.84. The Morgan fingerprint density at radius 1 is 1.23 bits per heavy atom. The van der Waals surface area contributed by atoms with Crippen molar-refractivity contribution >= 4 is 50.1 Å². The van der Waals surface area contributed by atoms with E-state index < -0.39 is 10.0 Å². The lowest BCUT2D eigenvalue weighted by molar-refractivity contribution is 0.387. The molecule has 11 heteroatoms. The van der Waals surface area contributed by atoms with Crippen molar-refractivity contribution < 1.29 is 13.2 Å². The van der Waals surface area contributed by atoms with Crippen molar-refractivity contribution in [2.24, 2.45) is 0 Å². The average Bonchev–Trinajstić information content (AvgIpc) is 2.97. The summed E-state index contributed by atoms with van der Waals surface area (Å²) < 4.78 is 34.9. The first kappa shape index (κ1) is 18.7. The van der Waals surface area contributed by atoms with E-state index in [1.54, 1.807) is 4.68 Å². The molecule has 8 nitrogen and oxygen atoms in total. The van der Waals surface area contributed by atoms with Gasteiger partial charge in [0.25, 0.3) is 10.0 Å². The monoisotopic (exact) mass is 415 g/mol. The molecule has 3 aromatic rings. The average molecular weight is 416 g/mol. The van der Waals surface area contributed by atoms with Crippen molar-refractivity contribution in [1.29, 1.82) is 0 Å². The number of sulfonamides is 1. The SMILES string of the molecule is COc1nn(C(C)C)c2ncnc(NS(=O)(=O)c3cccc(Cl)c3Cl)c12. The molecular formula is C15H15Cl2N5O3S. The minimum absolute atomic E-state index is 0.0110. The Bertz CT molecular complexity index is 1080. The molecule has 138 valence electrons. The van der Waals surface area contributed by atoms with Gasteiger partial charge < -0.3 is 4.74 Å². The van der Waals surface area contributed by atoms with E-state index in [1.165, 1.54) is 31.6 Å². The summed E-state index contributed by atoms with van der Waals surface area (Å²) in [4.78, 5) is 8.07. The number of nitrogens with one attached hydrogen (secondary N) is 1. The van der Waals surface area contributed by atoms with Crippen LogP contribution in [0.25, 0.3) is 11.0 Å². The van der Waals surface area contributed by atoms with Crippen LogP contribution >= 0.6 is 23.2 Å². The molecular weight excluding hydrogens is 401 g/mol. The molecule has 0 spiro atoms. The van der Waals surface area contributed by atoms with E-state index in [0.717, 1.165) is 0 Å². The summed E-state index contributed by atoms with van der Waals surface area (Å²) in [5.41, 5.74) is 0.446. The predicted molar refractivity (Wildman–Crippen MR) is 99.5 cm³/mol. The lowest BCUT2D eigenvalue weighted by Gasteiger charge is -2.10. The van der Waals surface area contributed by atoms with Crippen LogP contribution in [-0.2, 0) is 10.0 Å². The van der Waals surface area contributed by atoms with E-state index in [2.05, 4.69) is 19.8 Å². The van der Waals surface area contributed by atoms with Gasteiger partial charge in [0, 0.05) is 6.04 Å². The Morgan fingerprint density at radius 2 is 1.96 bits per heavy atom. The highest BCUT2D eigenvalue weighted by molar-refractivity contribution is 7.92. The van der Waals surface area contributed by atoms with Crippen LogP contribution in [0, 0.1) is 0 Å². The number of methoxy groups -OCH3 is 1. The Kier molecular flexibility index (Phi) is 4.96. The second kappa shape index (κ2) is 6.90. The van der Waals surface area contributed by atoms with E-state index in [4.69, 9.17) is 27.9 Å². The maximum atomic E-state index is 12.8. The number of nitrogens with zero attached hydrogens (tertiary/aromatic N) is 4. The first-order valence-corrected chi connectivity index (χ1v) is 9.74. The normalized spacial score (nSPS) is 11.9. The van der Waals surface area contributed by atoms with E-state index in [-0.39, 0.29) is 32.7 Å². The maximum Gasteiger partial charge on any atom is 0.264 e. The summed E-state index contributed by atoms with van der Waals surface area (Å²) in [5, 5.41) is 4.72. The van der Waals surface area contributed by atoms with Gasteiger partial charge in [0.15, 0.2) is 11.5 Å². The fraction of sp³-hybridized carbons (Fsp3) is 0.267. The van der Waals surface area contributed by atoms with Crippen molar-refractivity contribution in [3.05, 3.63) is 34.6 Å². The van der Waals surface area contributed by atoms with Gasteiger partial charge in [-0.15, -0.1) is 5.10 Å². The predicted octanol–water partition coefficient (Wildman–Crippen LogP) is 3.52. The molecule has 0 amide bonds. The second-order valence-electron chi connectivity index (χ2n) is 5.63. The van der Waals surface area contributed by atoms with Crippen LogP contribution in [0.4, 0.5) is 5.82 Å². The highest BCUT2D eigenvalue weighted by atomic mass is 35.5. The quantitative estimate of drug-likeness (QED) is 0.683. The summed E-state index contributed by atoms with van der Waals surface area (Å²) in [6, 6.07) is 4.34. The Morgan fingerprint density at radius 3 is 2.62 bits per heavy atom. The highest BCUT2D eigenvalue weighted by Gasteiger charge is 2.25. The van der Waals surface area contributed by atoms with Crippen molar-refractivity contribution in [3.8, 4) is 5.88 Å². The number of aromatic nitrogens is 4. The van der Waals surface area contributed by atoms with E-state index in [9.17, 15) is 8.42 Å².